The Hall–Kier alpha value is -1.52. The first-order valence-corrected chi connectivity index (χ1v) is 5.49. The predicted octanol–water partition coefficient (Wildman–Crippen LogP) is 0.748. The summed E-state index contributed by atoms with van der Waals surface area (Å²) in [4.78, 5) is 22.9. The summed E-state index contributed by atoms with van der Waals surface area (Å²) in [6, 6.07) is 0.374. The van der Waals surface area contributed by atoms with Crippen molar-refractivity contribution in [3.05, 3.63) is 11.8 Å². The summed E-state index contributed by atoms with van der Waals surface area (Å²) in [6.07, 6.45) is 3.53. The van der Waals surface area contributed by atoms with Crippen molar-refractivity contribution in [3.63, 3.8) is 0 Å². The lowest BCUT2D eigenvalue weighted by atomic mass is 10.3. The molecule has 1 N–H and O–H groups in total. The lowest BCUT2D eigenvalue weighted by Crippen LogP contribution is -2.22. The second-order valence-electron chi connectivity index (χ2n) is 3.44. The van der Waals surface area contributed by atoms with Gasteiger partial charge in [-0.25, -0.2) is 9.59 Å². The molecule has 1 fully saturated rings. The number of carbonyl (C=O) groups excluding carboxylic acids is 2. The van der Waals surface area contributed by atoms with E-state index < -0.39 is 11.9 Å². The number of ether oxygens (including phenoxy) is 2. The second kappa shape index (κ2) is 6.15. The van der Waals surface area contributed by atoms with Crippen LogP contribution >= 0.6 is 0 Å². The summed E-state index contributed by atoms with van der Waals surface area (Å²) in [6.45, 7) is 3.85. The van der Waals surface area contributed by atoms with Crippen molar-refractivity contribution in [1.82, 2.24) is 5.32 Å². The molecule has 1 saturated carbocycles. The summed E-state index contributed by atoms with van der Waals surface area (Å²) in [5.41, 5.74) is -0.0735. The zero-order valence-corrected chi connectivity index (χ0v) is 9.62. The SMILES string of the molecule is CCOC(=O)C(=CNC1CC1)C(=O)OCC. The van der Waals surface area contributed by atoms with Crippen molar-refractivity contribution in [2.75, 3.05) is 13.2 Å². The number of carbonyl (C=O) groups is 2. The van der Waals surface area contributed by atoms with Gasteiger partial charge in [0.25, 0.3) is 0 Å². The molecule has 0 aromatic rings. The van der Waals surface area contributed by atoms with Crippen LogP contribution in [0.3, 0.4) is 0 Å². The van der Waals surface area contributed by atoms with E-state index in [1.54, 1.807) is 13.8 Å². The quantitative estimate of drug-likeness (QED) is 0.314. The van der Waals surface area contributed by atoms with E-state index in [4.69, 9.17) is 9.47 Å². The van der Waals surface area contributed by atoms with Crippen LogP contribution in [-0.2, 0) is 19.1 Å². The lowest BCUT2D eigenvalue weighted by molar-refractivity contribution is -0.146. The molecule has 90 valence electrons. The number of hydrogen-bond donors (Lipinski definition) is 1. The van der Waals surface area contributed by atoms with Gasteiger partial charge in [-0.1, -0.05) is 0 Å². The third kappa shape index (κ3) is 3.92. The Bertz CT molecular complexity index is 274. The molecular weight excluding hydrogens is 210 g/mol. The van der Waals surface area contributed by atoms with Gasteiger partial charge >= 0.3 is 11.9 Å². The third-order valence-electron chi connectivity index (χ3n) is 2.03. The maximum absolute atomic E-state index is 11.5. The monoisotopic (exact) mass is 227 g/mol. The van der Waals surface area contributed by atoms with E-state index in [9.17, 15) is 9.59 Å². The van der Waals surface area contributed by atoms with E-state index in [1.165, 1.54) is 6.20 Å². The fourth-order valence-corrected chi connectivity index (χ4v) is 1.07. The van der Waals surface area contributed by atoms with Crippen LogP contribution in [-0.4, -0.2) is 31.2 Å². The van der Waals surface area contributed by atoms with E-state index in [2.05, 4.69) is 5.32 Å². The van der Waals surface area contributed by atoms with E-state index in [0.717, 1.165) is 12.8 Å². The lowest BCUT2D eigenvalue weighted by Gasteiger charge is -2.06. The minimum Gasteiger partial charge on any atom is -0.462 e. The molecule has 1 aliphatic carbocycles. The molecule has 1 aliphatic rings. The van der Waals surface area contributed by atoms with Gasteiger partial charge in [0.1, 0.15) is 0 Å². The van der Waals surface area contributed by atoms with Gasteiger partial charge in [-0.05, 0) is 26.7 Å². The summed E-state index contributed by atoms with van der Waals surface area (Å²) in [5, 5.41) is 2.97. The fourth-order valence-electron chi connectivity index (χ4n) is 1.07. The molecule has 0 heterocycles. The Kier molecular flexibility index (Phi) is 4.82. The van der Waals surface area contributed by atoms with Crippen LogP contribution in [0.1, 0.15) is 26.7 Å². The van der Waals surface area contributed by atoms with Gasteiger partial charge in [0.15, 0.2) is 5.57 Å². The number of hydrogen-bond acceptors (Lipinski definition) is 5. The molecule has 0 atom stereocenters. The van der Waals surface area contributed by atoms with Crippen LogP contribution in [0, 0.1) is 0 Å². The highest BCUT2D eigenvalue weighted by molar-refractivity contribution is 6.13. The maximum Gasteiger partial charge on any atom is 0.347 e. The van der Waals surface area contributed by atoms with Gasteiger partial charge in [0.05, 0.1) is 13.2 Å². The zero-order chi connectivity index (χ0) is 12.0. The number of esters is 2. The zero-order valence-electron chi connectivity index (χ0n) is 9.62. The first kappa shape index (κ1) is 12.5. The summed E-state index contributed by atoms with van der Waals surface area (Å²) >= 11 is 0. The molecule has 0 aromatic carbocycles. The van der Waals surface area contributed by atoms with Crippen LogP contribution in [0.2, 0.25) is 0 Å². The topological polar surface area (TPSA) is 64.6 Å². The molecule has 0 amide bonds. The van der Waals surface area contributed by atoms with Gasteiger partial charge in [0.2, 0.25) is 0 Å². The van der Waals surface area contributed by atoms with Gasteiger partial charge in [0, 0.05) is 12.2 Å². The molecule has 5 nitrogen and oxygen atoms in total. The van der Waals surface area contributed by atoms with Gasteiger partial charge < -0.3 is 14.8 Å². The van der Waals surface area contributed by atoms with E-state index in [-0.39, 0.29) is 18.8 Å². The normalized spacial score (nSPS) is 13.9. The van der Waals surface area contributed by atoms with Crippen molar-refractivity contribution >= 4 is 11.9 Å². The molecule has 0 aliphatic heterocycles. The highest BCUT2D eigenvalue weighted by atomic mass is 16.6. The molecule has 0 spiro atoms. The number of nitrogens with one attached hydrogen (secondary N) is 1. The Balaban J connectivity index is 2.61. The Morgan fingerprint density at radius 2 is 1.69 bits per heavy atom. The van der Waals surface area contributed by atoms with Crippen LogP contribution in [0.5, 0.6) is 0 Å². The molecule has 0 unspecified atom stereocenters. The molecular formula is C11H17NO4. The van der Waals surface area contributed by atoms with Crippen LogP contribution in [0.4, 0.5) is 0 Å². The van der Waals surface area contributed by atoms with Crippen LogP contribution in [0.25, 0.3) is 0 Å². The van der Waals surface area contributed by atoms with Gasteiger partial charge in [-0.2, -0.15) is 0 Å². The summed E-state index contributed by atoms with van der Waals surface area (Å²) < 4.78 is 9.55. The summed E-state index contributed by atoms with van der Waals surface area (Å²) in [5.74, 6) is -1.29. The Morgan fingerprint density at radius 3 is 2.06 bits per heavy atom. The van der Waals surface area contributed by atoms with E-state index >= 15 is 0 Å². The Labute approximate surface area is 94.8 Å². The molecule has 16 heavy (non-hydrogen) atoms. The minimum atomic E-state index is -0.644. The molecule has 0 saturated heterocycles. The van der Waals surface area contributed by atoms with Crippen molar-refractivity contribution in [2.45, 2.75) is 32.7 Å². The fraction of sp³-hybridized carbons (Fsp3) is 0.636. The third-order valence-corrected chi connectivity index (χ3v) is 2.03. The first-order valence-electron chi connectivity index (χ1n) is 5.49. The molecule has 0 aromatic heterocycles. The predicted molar refractivity (Wildman–Crippen MR) is 57.5 cm³/mol. The second-order valence-corrected chi connectivity index (χ2v) is 3.44. The van der Waals surface area contributed by atoms with Crippen molar-refractivity contribution in [3.8, 4) is 0 Å². The molecule has 5 heteroatoms. The van der Waals surface area contributed by atoms with Crippen LogP contribution < -0.4 is 5.32 Å². The smallest absolute Gasteiger partial charge is 0.347 e. The largest absolute Gasteiger partial charge is 0.462 e. The standard InChI is InChI=1S/C11H17NO4/c1-3-15-10(13)9(11(14)16-4-2)7-12-8-5-6-8/h7-8,12H,3-6H2,1-2H3. The van der Waals surface area contributed by atoms with Gasteiger partial charge in [-0.3, -0.25) is 0 Å². The highest BCUT2D eigenvalue weighted by Crippen LogP contribution is 2.18. The molecule has 0 radical (unpaired) electrons. The average Bonchev–Trinajstić information content (AvgIpc) is 3.02. The number of rotatable bonds is 6. The van der Waals surface area contributed by atoms with Gasteiger partial charge in [-0.15, -0.1) is 0 Å². The molecule has 0 bridgehead atoms. The van der Waals surface area contributed by atoms with Crippen molar-refractivity contribution in [1.29, 1.82) is 0 Å². The van der Waals surface area contributed by atoms with Crippen LogP contribution in [0.15, 0.2) is 11.8 Å². The van der Waals surface area contributed by atoms with E-state index in [1.807, 2.05) is 0 Å². The maximum atomic E-state index is 11.5. The average molecular weight is 227 g/mol. The Morgan fingerprint density at radius 1 is 1.19 bits per heavy atom. The first-order chi connectivity index (χ1) is 7.69. The van der Waals surface area contributed by atoms with Crippen molar-refractivity contribution < 1.29 is 19.1 Å². The summed E-state index contributed by atoms with van der Waals surface area (Å²) in [7, 11) is 0. The minimum absolute atomic E-state index is 0.0735. The van der Waals surface area contributed by atoms with E-state index in [0.29, 0.717) is 6.04 Å². The molecule has 1 rings (SSSR count). The van der Waals surface area contributed by atoms with Crippen molar-refractivity contribution in [2.24, 2.45) is 0 Å². The highest BCUT2D eigenvalue weighted by Gasteiger charge is 2.24.